The molecular weight excluding hydrogens is 644 g/mol. The number of rotatable bonds is 6. The van der Waals surface area contributed by atoms with Gasteiger partial charge < -0.3 is 19.8 Å². The number of carbonyl (C=O) groups is 3. The van der Waals surface area contributed by atoms with Crippen LogP contribution in [0.1, 0.15) is 62.5 Å². The van der Waals surface area contributed by atoms with Gasteiger partial charge in [0.15, 0.2) is 0 Å². The molecule has 2 aromatic carbocycles. The number of hydrogen-bond donors (Lipinski definition) is 2. The van der Waals surface area contributed by atoms with Crippen molar-refractivity contribution in [3.05, 3.63) is 78.4 Å². The molecule has 4 bridgehead atoms. The first-order valence-corrected chi connectivity index (χ1v) is 18.7. The van der Waals surface area contributed by atoms with Crippen LogP contribution in [0.25, 0.3) is 11.1 Å². The molecular formula is C37H42N4O7S. The summed E-state index contributed by atoms with van der Waals surface area (Å²) >= 11 is 0. The highest BCUT2D eigenvalue weighted by atomic mass is 32.2. The molecule has 0 aromatic heterocycles. The zero-order chi connectivity index (χ0) is 34.3. The Morgan fingerprint density at radius 2 is 1.82 bits per heavy atom. The highest BCUT2D eigenvalue weighted by Crippen LogP contribution is 2.47. The SMILES string of the molecule is C=C[C@@H]1C[C@]1(NC(=O)[C@@H]1C[C@@H]2C[C@H]1C(=O)N(C)CCCC/C=C/COc1ccc3c(c1)/C(=N\O2)c1ccccc1-3)C(=O)NS(=O)(=O)C1CC1. The first kappa shape index (κ1) is 33.1. The van der Waals surface area contributed by atoms with Gasteiger partial charge in [0.1, 0.15) is 29.7 Å². The fourth-order valence-corrected chi connectivity index (χ4v) is 8.71. The number of carbonyl (C=O) groups excluding carboxylic acids is 3. The number of benzene rings is 2. The minimum atomic E-state index is -3.82. The van der Waals surface area contributed by atoms with Crippen LogP contribution in [0.2, 0.25) is 0 Å². The Bertz CT molecular complexity index is 1850. The van der Waals surface area contributed by atoms with Crippen LogP contribution in [0.4, 0.5) is 0 Å². The van der Waals surface area contributed by atoms with Gasteiger partial charge in [-0.15, -0.1) is 6.58 Å². The molecule has 7 rings (SSSR count). The first-order chi connectivity index (χ1) is 23.6. The molecule has 3 fully saturated rings. The van der Waals surface area contributed by atoms with E-state index in [9.17, 15) is 22.8 Å². The average molecular weight is 687 g/mol. The van der Waals surface area contributed by atoms with Gasteiger partial charge in [0, 0.05) is 30.6 Å². The molecule has 0 unspecified atom stereocenters. The van der Waals surface area contributed by atoms with Crippen LogP contribution in [0, 0.1) is 17.8 Å². The van der Waals surface area contributed by atoms with Crippen LogP contribution in [0.5, 0.6) is 5.75 Å². The van der Waals surface area contributed by atoms with E-state index in [1.807, 2.05) is 48.5 Å². The van der Waals surface area contributed by atoms with Crippen molar-refractivity contribution in [3.8, 4) is 16.9 Å². The molecule has 0 spiro atoms. The lowest BCUT2D eigenvalue weighted by Crippen LogP contribution is -2.54. The Morgan fingerprint density at radius 3 is 2.57 bits per heavy atom. The molecule has 3 amide bonds. The number of sulfonamides is 1. The molecule has 0 saturated heterocycles. The lowest BCUT2D eigenvalue weighted by atomic mass is 9.93. The van der Waals surface area contributed by atoms with Crippen molar-refractivity contribution in [1.82, 2.24) is 14.9 Å². The number of nitrogens with zero attached hydrogens (tertiary/aromatic N) is 2. The van der Waals surface area contributed by atoms with Crippen molar-refractivity contribution in [2.75, 3.05) is 20.2 Å². The van der Waals surface area contributed by atoms with Gasteiger partial charge in [-0.1, -0.05) is 47.6 Å². The largest absolute Gasteiger partial charge is 0.490 e. The van der Waals surface area contributed by atoms with E-state index in [-0.39, 0.29) is 25.2 Å². The third-order valence-electron chi connectivity index (χ3n) is 10.4. The molecule has 5 aliphatic rings. The predicted octanol–water partition coefficient (Wildman–Crippen LogP) is 4.08. The lowest BCUT2D eigenvalue weighted by molar-refractivity contribution is -0.140. The van der Waals surface area contributed by atoms with Crippen LogP contribution in [0.15, 0.2) is 72.4 Å². The third-order valence-corrected chi connectivity index (χ3v) is 12.3. The van der Waals surface area contributed by atoms with Gasteiger partial charge in [0.2, 0.25) is 21.8 Å². The maximum atomic E-state index is 14.1. The molecule has 11 nitrogen and oxygen atoms in total. The zero-order valence-electron chi connectivity index (χ0n) is 27.6. The molecule has 3 saturated carbocycles. The quantitative estimate of drug-likeness (QED) is 0.372. The second-order valence-corrected chi connectivity index (χ2v) is 15.8. The Balaban J connectivity index is 1.17. The lowest BCUT2D eigenvalue weighted by Gasteiger charge is -2.26. The summed E-state index contributed by atoms with van der Waals surface area (Å²) in [4.78, 5) is 49.2. The van der Waals surface area contributed by atoms with Gasteiger partial charge in [0.25, 0.3) is 5.91 Å². The summed E-state index contributed by atoms with van der Waals surface area (Å²) < 4.78 is 33.5. The van der Waals surface area contributed by atoms with E-state index < -0.39 is 56.5 Å². The number of allylic oxidation sites excluding steroid dienone is 1. The molecule has 258 valence electrons. The summed E-state index contributed by atoms with van der Waals surface area (Å²) in [5, 5.41) is 6.93. The molecule has 12 heteroatoms. The predicted molar refractivity (Wildman–Crippen MR) is 184 cm³/mol. The number of nitrogens with one attached hydrogen (secondary N) is 2. The van der Waals surface area contributed by atoms with E-state index >= 15 is 0 Å². The minimum absolute atomic E-state index is 0.173. The second kappa shape index (κ2) is 13.1. The van der Waals surface area contributed by atoms with Gasteiger partial charge in [-0.25, -0.2) is 8.42 Å². The molecule has 1 aliphatic heterocycles. The Kier molecular flexibility index (Phi) is 8.85. The standard InChI is InChI=1S/C37H42N4O7S/c1-3-23-22-37(23,36(44)40-49(45,46)26-14-15-26)38-34(42)31-20-25-21-32(31)35(43)41(2)17-9-5-4-6-10-18-47-24-13-16-28-27-11-7-8-12-29(27)33(39-48-25)30(28)19-24/h3,6-8,10-13,16,19,23,25-26,31-32H,1,4-5,9,14-15,17-18,20-22H2,2H3,(H,38,42)(H,40,44)/b10-6+,39-33-/t23-,25-,31-,32-,37-/m1/s1. The summed E-state index contributed by atoms with van der Waals surface area (Å²) in [6.07, 6.45) is 9.28. The van der Waals surface area contributed by atoms with Gasteiger partial charge in [-0.2, -0.15) is 0 Å². The number of oxime groups is 1. The van der Waals surface area contributed by atoms with E-state index in [0.29, 0.717) is 37.5 Å². The maximum Gasteiger partial charge on any atom is 0.259 e. The smallest absolute Gasteiger partial charge is 0.259 e. The Hall–Kier alpha value is -4.45. The number of fused-ring (bicyclic) bond motifs is 6. The van der Waals surface area contributed by atoms with Crippen molar-refractivity contribution in [1.29, 1.82) is 0 Å². The fraction of sp³-hybridized carbons (Fsp3) is 0.459. The van der Waals surface area contributed by atoms with Crippen molar-refractivity contribution in [3.63, 3.8) is 0 Å². The van der Waals surface area contributed by atoms with Crippen LogP contribution >= 0.6 is 0 Å². The van der Waals surface area contributed by atoms with Crippen LogP contribution in [-0.4, -0.2) is 73.8 Å². The molecule has 2 aromatic rings. The molecule has 1 heterocycles. The second-order valence-electron chi connectivity index (χ2n) is 13.8. The molecule has 2 N–H and O–H groups in total. The van der Waals surface area contributed by atoms with E-state index in [1.54, 1.807) is 18.0 Å². The molecule has 5 atom stereocenters. The minimum Gasteiger partial charge on any atom is -0.490 e. The highest BCUT2D eigenvalue weighted by Gasteiger charge is 2.62. The van der Waals surface area contributed by atoms with Gasteiger partial charge in [-0.05, 0) is 80.7 Å². The van der Waals surface area contributed by atoms with Crippen molar-refractivity contribution in [2.24, 2.45) is 22.9 Å². The Labute approximate surface area is 286 Å². The van der Waals surface area contributed by atoms with E-state index in [4.69, 9.17) is 9.57 Å². The van der Waals surface area contributed by atoms with E-state index in [0.717, 1.165) is 41.5 Å². The summed E-state index contributed by atoms with van der Waals surface area (Å²) in [5.41, 5.74) is 3.04. The topological polar surface area (TPSA) is 143 Å². The zero-order valence-corrected chi connectivity index (χ0v) is 28.4. The Morgan fingerprint density at radius 1 is 1.04 bits per heavy atom. The summed E-state index contributed by atoms with van der Waals surface area (Å²) in [7, 11) is -2.08. The normalized spacial score (nSPS) is 29.8. The van der Waals surface area contributed by atoms with Gasteiger partial charge >= 0.3 is 0 Å². The van der Waals surface area contributed by atoms with Crippen molar-refractivity contribution >= 4 is 33.5 Å². The first-order valence-electron chi connectivity index (χ1n) is 17.1. The summed E-state index contributed by atoms with van der Waals surface area (Å²) in [6, 6.07) is 13.9. The van der Waals surface area contributed by atoms with Crippen LogP contribution in [-0.2, 0) is 29.2 Å². The molecule has 0 radical (unpaired) electrons. The number of amides is 3. The molecule has 49 heavy (non-hydrogen) atoms. The molecule has 4 aliphatic carbocycles. The van der Waals surface area contributed by atoms with Gasteiger partial charge in [-0.3, -0.25) is 19.1 Å². The van der Waals surface area contributed by atoms with Gasteiger partial charge in [0.05, 0.1) is 17.1 Å². The third kappa shape index (κ3) is 6.50. The summed E-state index contributed by atoms with van der Waals surface area (Å²) in [5.74, 6) is -2.66. The van der Waals surface area contributed by atoms with Crippen molar-refractivity contribution < 1.29 is 32.4 Å². The van der Waals surface area contributed by atoms with Crippen LogP contribution < -0.4 is 14.8 Å². The van der Waals surface area contributed by atoms with E-state index in [1.165, 1.54) is 0 Å². The number of ether oxygens (including phenoxy) is 1. The highest BCUT2D eigenvalue weighted by molar-refractivity contribution is 7.91. The number of hydrogen-bond acceptors (Lipinski definition) is 8. The summed E-state index contributed by atoms with van der Waals surface area (Å²) in [6.45, 7) is 4.75. The average Bonchev–Trinajstić information content (AvgIpc) is 4.00. The van der Waals surface area contributed by atoms with E-state index in [2.05, 4.69) is 27.8 Å². The van der Waals surface area contributed by atoms with Crippen molar-refractivity contribution in [2.45, 2.75) is 68.3 Å². The van der Waals surface area contributed by atoms with Crippen LogP contribution in [0.3, 0.4) is 0 Å². The monoisotopic (exact) mass is 686 g/mol. The fourth-order valence-electron chi connectivity index (χ4n) is 7.34. The maximum absolute atomic E-state index is 14.1.